The third kappa shape index (κ3) is 6.14. The standard InChI is InChI=1S/C28H30N6O5/c1-2-20(38-26(35)29-17-28(39-27(36)37)13-5-6-14-28)16-18-9-11-23-19(15-18)10-12-24(30-23)21-7-3-4-8-22(21)25-31-33-34-32-25/h3-4,7-12,15,20H,2,5-6,13-14,16-17H2,1H3,(H,29,35)(H,36,37)(H,31,32,33,34). The minimum Gasteiger partial charge on any atom is -0.450 e. The van der Waals surface area contributed by atoms with Gasteiger partial charge in [0.1, 0.15) is 11.7 Å². The van der Waals surface area contributed by atoms with Crippen molar-refractivity contribution in [2.24, 2.45) is 0 Å². The van der Waals surface area contributed by atoms with Crippen LogP contribution in [0.3, 0.4) is 0 Å². The number of carbonyl (C=O) groups excluding carboxylic acids is 1. The molecule has 3 N–H and O–H groups in total. The van der Waals surface area contributed by atoms with Gasteiger partial charge in [0.15, 0.2) is 5.82 Å². The van der Waals surface area contributed by atoms with Crippen LogP contribution in [0.25, 0.3) is 33.5 Å². The first-order chi connectivity index (χ1) is 18.9. The van der Waals surface area contributed by atoms with E-state index < -0.39 is 17.8 Å². The fourth-order valence-electron chi connectivity index (χ4n) is 5.12. The zero-order valence-electron chi connectivity index (χ0n) is 21.6. The van der Waals surface area contributed by atoms with E-state index in [1.165, 1.54) is 0 Å². The maximum absolute atomic E-state index is 12.5. The lowest BCUT2D eigenvalue weighted by atomic mass is 10.0. The molecule has 1 aliphatic rings. The van der Waals surface area contributed by atoms with E-state index >= 15 is 0 Å². The Balaban J connectivity index is 1.25. The molecule has 0 bridgehead atoms. The van der Waals surface area contributed by atoms with Gasteiger partial charge in [-0.05, 0) is 66.3 Å². The summed E-state index contributed by atoms with van der Waals surface area (Å²) < 4.78 is 10.8. The van der Waals surface area contributed by atoms with Crippen LogP contribution in [0.15, 0.2) is 54.6 Å². The molecule has 2 aromatic carbocycles. The molecule has 11 nitrogen and oxygen atoms in total. The van der Waals surface area contributed by atoms with Crippen molar-refractivity contribution in [1.29, 1.82) is 0 Å². The first-order valence-electron chi connectivity index (χ1n) is 13.0. The van der Waals surface area contributed by atoms with Crippen LogP contribution in [0.4, 0.5) is 9.59 Å². The van der Waals surface area contributed by atoms with Gasteiger partial charge in [-0.15, -0.1) is 5.10 Å². The van der Waals surface area contributed by atoms with Crippen molar-refractivity contribution < 1.29 is 24.2 Å². The number of ether oxygens (including phenoxy) is 2. The predicted octanol–water partition coefficient (Wildman–Crippen LogP) is 5.14. The van der Waals surface area contributed by atoms with Crippen LogP contribution in [-0.4, -0.2) is 61.2 Å². The van der Waals surface area contributed by atoms with Gasteiger partial charge >= 0.3 is 12.2 Å². The van der Waals surface area contributed by atoms with E-state index in [0.717, 1.165) is 46.1 Å². The second kappa shape index (κ2) is 11.5. The molecule has 202 valence electrons. The van der Waals surface area contributed by atoms with Crippen molar-refractivity contribution in [3.63, 3.8) is 0 Å². The number of pyridine rings is 1. The zero-order valence-corrected chi connectivity index (χ0v) is 21.6. The van der Waals surface area contributed by atoms with E-state index in [1.807, 2.05) is 55.5 Å². The van der Waals surface area contributed by atoms with E-state index in [4.69, 9.17) is 19.6 Å². The fraction of sp³-hybridized carbons (Fsp3) is 0.357. The topological polar surface area (TPSA) is 152 Å². The van der Waals surface area contributed by atoms with Gasteiger partial charge in [-0.3, -0.25) is 0 Å². The van der Waals surface area contributed by atoms with Crippen molar-refractivity contribution in [2.45, 2.75) is 57.2 Å². The lowest BCUT2D eigenvalue weighted by molar-refractivity contribution is -0.0154. The number of H-pyrrole nitrogens is 1. The number of carboxylic acid groups (broad SMARTS) is 1. The highest BCUT2D eigenvalue weighted by atomic mass is 16.7. The van der Waals surface area contributed by atoms with Gasteiger partial charge in [-0.1, -0.05) is 43.3 Å². The predicted molar refractivity (Wildman–Crippen MR) is 143 cm³/mol. The second-order valence-electron chi connectivity index (χ2n) is 9.77. The molecule has 2 heterocycles. The molecule has 39 heavy (non-hydrogen) atoms. The Hall–Kier alpha value is -4.54. The molecule has 11 heteroatoms. The number of benzene rings is 2. The number of tetrazole rings is 1. The molecule has 2 aromatic heterocycles. The summed E-state index contributed by atoms with van der Waals surface area (Å²) in [5.74, 6) is 0.574. The molecule has 1 amide bonds. The summed E-state index contributed by atoms with van der Waals surface area (Å²) in [6, 6.07) is 17.8. The molecule has 0 aliphatic heterocycles. The number of rotatable bonds is 9. The lowest BCUT2D eigenvalue weighted by Gasteiger charge is -2.28. The number of hydrogen-bond donors (Lipinski definition) is 3. The summed E-state index contributed by atoms with van der Waals surface area (Å²) in [7, 11) is 0. The van der Waals surface area contributed by atoms with Crippen molar-refractivity contribution >= 4 is 23.2 Å². The van der Waals surface area contributed by atoms with Crippen LogP contribution in [0, 0.1) is 0 Å². The number of carbonyl (C=O) groups is 2. The Bertz CT molecular complexity index is 1450. The van der Waals surface area contributed by atoms with Gasteiger partial charge in [0, 0.05) is 22.9 Å². The van der Waals surface area contributed by atoms with Crippen LogP contribution in [0.2, 0.25) is 0 Å². The maximum Gasteiger partial charge on any atom is 0.506 e. The number of fused-ring (bicyclic) bond motifs is 1. The smallest absolute Gasteiger partial charge is 0.450 e. The molecule has 0 spiro atoms. The molecule has 1 aliphatic carbocycles. The maximum atomic E-state index is 12.5. The van der Waals surface area contributed by atoms with Crippen LogP contribution in [-0.2, 0) is 15.9 Å². The summed E-state index contributed by atoms with van der Waals surface area (Å²) in [4.78, 5) is 28.5. The average molecular weight is 531 g/mol. The highest BCUT2D eigenvalue weighted by molar-refractivity contribution is 5.85. The average Bonchev–Trinajstić information content (AvgIpc) is 3.64. The zero-order chi connectivity index (χ0) is 27.2. The molecule has 0 radical (unpaired) electrons. The van der Waals surface area contributed by atoms with Gasteiger partial charge in [0.05, 0.1) is 17.8 Å². The number of nitrogens with zero attached hydrogens (tertiary/aromatic N) is 4. The van der Waals surface area contributed by atoms with Crippen molar-refractivity contribution in [3.05, 3.63) is 60.2 Å². The number of amides is 1. The molecular weight excluding hydrogens is 500 g/mol. The molecule has 1 saturated carbocycles. The Morgan fingerprint density at radius 2 is 1.90 bits per heavy atom. The Kier molecular flexibility index (Phi) is 7.67. The molecule has 0 saturated heterocycles. The van der Waals surface area contributed by atoms with E-state index in [0.29, 0.717) is 31.5 Å². The SMILES string of the molecule is CCC(Cc1ccc2nc(-c3ccccc3-c3nnn[nH]3)ccc2c1)OC(=O)NCC1(OC(=O)O)CCCC1. The molecule has 4 aromatic rings. The normalized spacial score (nSPS) is 15.1. The van der Waals surface area contributed by atoms with E-state index in [9.17, 15) is 9.59 Å². The molecule has 1 atom stereocenters. The van der Waals surface area contributed by atoms with E-state index in [2.05, 4.69) is 32.0 Å². The number of hydrogen-bond acceptors (Lipinski definition) is 8. The first kappa shape index (κ1) is 26.1. The van der Waals surface area contributed by atoms with Crippen LogP contribution in [0.5, 0.6) is 0 Å². The minimum atomic E-state index is -1.33. The molecule has 1 fully saturated rings. The van der Waals surface area contributed by atoms with Crippen LogP contribution in [0.1, 0.15) is 44.6 Å². The molecule has 5 rings (SSSR count). The number of nitrogens with one attached hydrogen (secondary N) is 2. The number of alkyl carbamates (subject to hydrolysis) is 1. The summed E-state index contributed by atoms with van der Waals surface area (Å²) >= 11 is 0. The Labute approximate surface area is 224 Å². The third-order valence-electron chi connectivity index (χ3n) is 7.12. The summed E-state index contributed by atoms with van der Waals surface area (Å²) in [6.07, 6.45) is 1.85. The number of aromatic nitrogens is 5. The van der Waals surface area contributed by atoms with Crippen LogP contribution >= 0.6 is 0 Å². The van der Waals surface area contributed by atoms with E-state index in [1.54, 1.807) is 0 Å². The summed E-state index contributed by atoms with van der Waals surface area (Å²) in [5.41, 5.74) is 3.57. The largest absolute Gasteiger partial charge is 0.506 e. The second-order valence-corrected chi connectivity index (χ2v) is 9.77. The molecular formula is C28H30N6O5. The fourth-order valence-corrected chi connectivity index (χ4v) is 5.12. The van der Waals surface area contributed by atoms with Crippen molar-refractivity contribution in [1.82, 2.24) is 30.9 Å². The van der Waals surface area contributed by atoms with Gasteiger partial charge in [-0.2, -0.15) is 0 Å². The quantitative estimate of drug-likeness (QED) is 0.250. The van der Waals surface area contributed by atoms with Crippen molar-refractivity contribution in [3.8, 4) is 22.6 Å². The van der Waals surface area contributed by atoms with Gasteiger partial charge in [-0.25, -0.2) is 19.7 Å². The number of aromatic amines is 1. The third-order valence-corrected chi connectivity index (χ3v) is 7.12. The Morgan fingerprint density at radius 1 is 1.10 bits per heavy atom. The highest BCUT2D eigenvalue weighted by Gasteiger charge is 2.38. The Morgan fingerprint density at radius 3 is 2.62 bits per heavy atom. The lowest BCUT2D eigenvalue weighted by Crippen LogP contribution is -2.45. The van der Waals surface area contributed by atoms with E-state index in [-0.39, 0.29) is 12.6 Å². The monoisotopic (exact) mass is 530 g/mol. The van der Waals surface area contributed by atoms with Crippen molar-refractivity contribution in [2.75, 3.05) is 6.54 Å². The first-order valence-corrected chi connectivity index (χ1v) is 13.0. The van der Waals surface area contributed by atoms with Gasteiger partial charge in [0.2, 0.25) is 0 Å². The minimum absolute atomic E-state index is 0.106. The summed E-state index contributed by atoms with van der Waals surface area (Å²) in [5, 5.41) is 27.0. The summed E-state index contributed by atoms with van der Waals surface area (Å²) in [6.45, 7) is 2.06. The molecule has 1 unspecified atom stereocenters. The van der Waals surface area contributed by atoms with Gasteiger partial charge in [0.25, 0.3) is 0 Å². The van der Waals surface area contributed by atoms with Gasteiger partial charge < -0.3 is 19.9 Å². The highest BCUT2D eigenvalue weighted by Crippen LogP contribution is 2.33. The van der Waals surface area contributed by atoms with Crippen LogP contribution < -0.4 is 5.32 Å².